The van der Waals surface area contributed by atoms with Crippen molar-refractivity contribution in [3.8, 4) is 39.1 Å². The van der Waals surface area contributed by atoms with Crippen LogP contribution in [0, 0.1) is 0 Å². The molecule has 0 saturated heterocycles. The Morgan fingerprint density at radius 2 is 1.20 bits per heavy atom. The summed E-state index contributed by atoms with van der Waals surface area (Å²) in [7, 11) is 0. The molecule has 0 spiro atoms. The minimum Gasteiger partial charge on any atom is -0.309 e. The van der Waals surface area contributed by atoms with Crippen molar-refractivity contribution in [2.24, 2.45) is 0 Å². The van der Waals surface area contributed by atoms with Crippen molar-refractivity contribution in [1.29, 1.82) is 0 Å². The number of hydrogen-bond acceptors (Lipinski definition) is 2. The van der Waals surface area contributed by atoms with Gasteiger partial charge in [-0.2, -0.15) is 0 Å². The lowest BCUT2D eigenvalue weighted by atomic mass is 9.83. The van der Waals surface area contributed by atoms with E-state index in [0.29, 0.717) is 0 Å². The van der Waals surface area contributed by atoms with E-state index in [-0.39, 0.29) is 0 Å². The molecule has 0 aliphatic carbocycles. The summed E-state index contributed by atoms with van der Waals surface area (Å²) >= 11 is 0. The monoisotopic (exact) mass is 583 g/mol. The Balaban J connectivity index is 1.20. The normalized spacial score (nSPS) is 12.7. The largest absolute Gasteiger partial charge is 0.309 e. The maximum absolute atomic E-state index is 4.79. The van der Waals surface area contributed by atoms with Crippen molar-refractivity contribution < 1.29 is 0 Å². The number of para-hydroxylation sites is 3. The maximum atomic E-state index is 4.79. The maximum Gasteiger partial charge on any atom is 0.0729 e. The van der Waals surface area contributed by atoms with Crippen LogP contribution in [-0.4, -0.2) is 9.55 Å². The Hall–Kier alpha value is -6.19. The molecule has 2 aliphatic heterocycles. The van der Waals surface area contributed by atoms with Crippen LogP contribution in [0.4, 0.5) is 17.1 Å². The van der Waals surface area contributed by atoms with Crippen molar-refractivity contribution >= 4 is 60.5 Å². The quantitative estimate of drug-likeness (QED) is 0.202. The van der Waals surface area contributed by atoms with E-state index in [4.69, 9.17) is 4.98 Å². The topological polar surface area (TPSA) is 21.1 Å². The van der Waals surface area contributed by atoms with Gasteiger partial charge >= 0.3 is 0 Å². The zero-order valence-corrected chi connectivity index (χ0v) is 24.8. The number of nitrogens with zero attached hydrogens (tertiary/aromatic N) is 3. The second-order valence-corrected chi connectivity index (χ2v) is 12.3. The van der Waals surface area contributed by atoms with Gasteiger partial charge in [0.05, 0.1) is 33.6 Å². The molecule has 0 amide bonds. The molecule has 0 radical (unpaired) electrons. The first-order valence-electron chi connectivity index (χ1n) is 15.8. The average molecular weight is 584 g/mol. The number of pyridine rings is 1. The molecule has 7 aromatic carbocycles. The molecule has 9 aromatic rings. The second kappa shape index (κ2) is 8.71. The lowest BCUT2D eigenvalue weighted by Crippen LogP contribution is -2.19. The van der Waals surface area contributed by atoms with E-state index in [1.165, 1.54) is 94.1 Å². The Labute approximate surface area is 265 Å². The molecule has 0 atom stereocenters. The zero-order chi connectivity index (χ0) is 29.9. The van der Waals surface area contributed by atoms with Crippen LogP contribution in [0.5, 0.6) is 0 Å². The molecule has 0 unspecified atom stereocenters. The number of rotatable bonds is 2. The lowest BCUT2D eigenvalue weighted by Gasteiger charge is -2.39. The molecule has 4 heterocycles. The molecule has 3 nitrogen and oxygen atoms in total. The van der Waals surface area contributed by atoms with Crippen molar-refractivity contribution in [2.45, 2.75) is 0 Å². The second-order valence-electron chi connectivity index (χ2n) is 12.3. The van der Waals surface area contributed by atoms with Crippen molar-refractivity contribution in [3.63, 3.8) is 0 Å². The molecule has 212 valence electrons. The van der Waals surface area contributed by atoms with Gasteiger partial charge in [0, 0.05) is 44.6 Å². The van der Waals surface area contributed by atoms with Gasteiger partial charge in [0.15, 0.2) is 0 Å². The molecule has 2 aliphatic rings. The Morgan fingerprint density at radius 1 is 0.435 bits per heavy atom. The summed E-state index contributed by atoms with van der Waals surface area (Å²) in [5.41, 5.74) is 15.8. The minimum absolute atomic E-state index is 1.03. The highest BCUT2D eigenvalue weighted by Crippen LogP contribution is 2.59. The number of hydrogen-bond donors (Lipinski definition) is 0. The summed E-state index contributed by atoms with van der Waals surface area (Å²) in [5, 5.41) is 6.31. The molecule has 0 fully saturated rings. The summed E-state index contributed by atoms with van der Waals surface area (Å²) in [4.78, 5) is 7.27. The van der Waals surface area contributed by atoms with Gasteiger partial charge < -0.3 is 9.47 Å². The third kappa shape index (κ3) is 2.99. The summed E-state index contributed by atoms with van der Waals surface area (Å²) in [6, 6.07) is 53.3. The molecule has 0 bridgehead atoms. The van der Waals surface area contributed by atoms with E-state index in [2.05, 4.69) is 155 Å². The first-order chi connectivity index (χ1) is 22.8. The van der Waals surface area contributed by atoms with Crippen LogP contribution in [0.1, 0.15) is 0 Å². The highest BCUT2D eigenvalue weighted by Gasteiger charge is 2.34. The van der Waals surface area contributed by atoms with Crippen LogP contribution in [-0.2, 0) is 0 Å². The van der Waals surface area contributed by atoms with Gasteiger partial charge in [-0.1, -0.05) is 91.0 Å². The lowest BCUT2D eigenvalue weighted by molar-refractivity contribution is 1.18. The van der Waals surface area contributed by atoms with Crippen LogP contribution in [0.2, 0.25) is 0 Å². The van der Waals surface area contributed by atoms with E-state index in [1.807, 2.05) is 6.20 Å². The van der Waals surface area contributed by atoms with Crippen molar-refractivity contribution in [3.05, 3.63) is 152 Å². The minimum atomic E-state index is 1.03. The van der Waals surface area contributed by atoms with Gasteiger partial charge in [0.2, 0.25) is 0 Å². The first-order valence-corrected chi connectivity index (χ1v) is 15.8. The molecular formula is C43H25N3. The Morgan fingerprint density at radius 3 is 2.15 bits per heavy atom. The predicted octanol–water partition coefficient (Wildman–Crippen LogP) is 11.6. The number of benzene rings is 7. The van der Waals surface area contributed by atoms with Gasteiger partial charge in [-0.15, -0.1) is 0 Å². The molecule has 3 heteroatoms. The molecule has 0 N–H and O–H groups in total. The molecule has 46 heavy (non-hydrogen) atoms. The number of anilines is 3. The summed E-state index contributed by atoms with van der Waals surface area (Å²) in [6.07, 6.45) is 1.94. The third-order valence-electron chi connectivity index (χ3n) is 10.1. The van der Waals surface area contributed by atoms with Crippen molar-refractivity contribution in [2.75, 3.05) is 4.90 Å². The molecule has 11 rings (SSSR count). The van der Waals surface area contributed by atoms with Gasteiger partial charge in [0.1, 0.15) is 0 Å². The smallest absolute Gasteiger partial charge is 0.0729 e. The predicted molar refractivity (Wildman–Crippen MR) is 192 cm³/mol. The summed E-state index contributed by atoms with van der Waals surface area (Å²) in [6.45, 7) is 0. The van der Waals surface area contributed by atoms with Gasteiger partial charge in [-0.25, -0.2) is 0 Å². The summed E-state index contributed by atoms with van der Waals surface area (Å²) in [5.74, 6) is 0. The molecular weight excluding hydrogens is 558 g/mol. The van der Waals surface area contributed by atoms with Gasteiger partial charge in [-0.05, 0) is 82.2 Å². The Bertz CT molecular complexity index is 2750. The van der Waals surface area contributed by atoms with Crippen LogP contribution in [0.3, 0.4) is 0 Å². The SMILES string of the molecule is c1ccc(-n2c3ccccc3c3cc(-c4ccc5c6c(cccc46)-c4ccc6nccc7c6c4N5c4ccccc4-7)ccc32)cc1. The number of aromatic nitrogens is 2. The fourth-order valence-electron chi connectivity index (χ4n) is 8.22. The van der Waals surface area contributed by atoms with E-state index < -0.39 is 0 Å². The summed E-state index contributed by atoms with van der Waals surface area (Å²) < 4.78 is 2.38. The van der Waals surface area contributed by atoms with E-state index >= 15 is 0 Å². The van der Waals surface area contributed by atoms with Crippen LogP contribution in [0.25, 0.3) is 82.5 Å². The highest BCUT2D eigenvalue weighted by molar-refractivity contribution is 6.25. The van der Waals surface area contributed by atoms with Crippen LogP contribution < -0.4 is 4.90 Å². The van der Waals surface area contributed by atoms with Gasteiger partial charge in [0.25, 0.3) is 0 Å². The first kappa shape index (κ1) is 24.2. The van der Waals surface area contributed by atoms with E-state index in [1.54, 1.807) is 0 Å². The number of fused-ring (bicyclic) bond motifs is 8. The molecule has 2 aromatic heterocycles. The van der Waals surface area contributed by atoms with Crippen LogP contribution >= 0.6 is 0 Å². The van der Waals surface area contributed by atoms with Crippen molar-refractivity contribution in [1.82, 2.24) is 9.55 Å². The zero-order valence-electron chi connectivity index (χ0n) is 24.8. The van der Waals surface area contributed by atoms with E-state index in [0.717, 1.165) is 5.52 Å². The van der Waals surface area contributed by atoms with Crippen LogP contribution in [0.15, 0.2) is 152 Å². The third-order valence-corrected chi connectivity index (χ3v) is 10.1. The van der Waals surface area contributed by atoms with E-state index in [9.17, 15) is 0 Å². The average Bonchev–Trinajstić information content (AvgIpc) is 3.46. The Kier molecular flexibility index (Phi) is 4.58. The fraction of sp³-hybridized carbons (Fsp3) is 0. The standard InChI is InChI=1S/C43H25N3/c1-2-9-27(10-3-1)45-37-15-6-5-12-30(37)35-25-26(17-21-39(35)45)28-19-22-40-41-31(28)13-8-14-32(41)34-18-20-36-42-33(23-24-44-36)29-11-4-7-16-38(29)46(40)43(34)42/h1-25H. The van der Waals surface area contributed by atoms with Gasteiger partial charge in [-0.3, -0.25) is 4.98 Å². The molecule has 0 saturated carbocycles. The fourth-order valence-corrected chi connectivity index (χ4v) is 8.22. The highest BCUT2D eigenvalue weighted by atomic mass is 15.2.